The number of nitrogens with two attached hydrogens (primary N) is 1. The van der Waals surface area contributed by atoms with E-state index in [-0.39, 0.29) is 11.3 Å². The normalized spacial score (nSPS) is 10.2. The van der Waals surface area contributed by atoms with Gasteiger partial charge in [0.2, 0.25) is 0 Å². The van der Waals surface area contributed by atoms with E-state index in [1.165, 1.54) is 12.1 Å². The minimum atomic E-state index is -0.865. The Morgan fingerprint density at radius 3 is 2.70 bits per heavy atom. The number of aromatic nitrogens is 1. The molecule has 0 atom stereocenters. The standard InChI is InChI=1S/C16H17FN4O2/c1-10-5-6-11(9-20-10)7-8-19-15(22)14-12(17)3-2-4-13(14)21-16(18)23/h2-6,9H,7-8H2,1H3,(H,19,22)(H3,18,21,23). The molecule has 0 bridgehead atoms. The zero-order valence-corrected chi connectivity index (χ0v) is 12.6. The summed E-state index contributed by atoms with van der Waals surface area (Å²) in [6, 6.07) is 6.86. The maximum atomic E-state index is 13.9. The Morgan fingerprint density at radius 1 is 1.26 bits per heavy atom. The fourth-order valence-corrected chi connectivity index (χ4v) is 2.05. The maximum Gasteiger partial charge on any atom is 0.316 e. The number of rotatable bonds is 5. The van der Waals surface area contributed by atoms with E-state index < -0.39 is 17.8 Å². The van der Waals surface area contributed by atoms with E-state index in [1.807, 2.05) is 19.1 Å². The topological polar surface area (TPSA) is 97.1 Å². The third-order valence-corrected chi connectivity index (χ3v) is 3.17. The fraction of sp³-hybridized carbons (Fsp3) is 0.188. The van der Waals surface area contributed by atoms with Gasteiger partial charge >= 0.3 is 6.03 Å². The average molecular weight is 316 g/mol. The molecule has 0 saturated carbocycles. The van der Waals surface area contributed by atoms with Crippen molar-refractivity contribution < 1.29 is 14.0 Å². The highest BCUT2D eigenvalue weighted by atomic mass is 19.1. The minimum absolute atomic E-state index is 0.0343. The van der Waals surface area contributed by atoms with Crippen molar-refractivity contribution in [2.45, 2.75) is 13.3 Å². The van der Waals surface area contributed by atoms with Gasteiger partial charge in [-0.05, 0) is 37.1 Å². The number of aryl methyl sites for hydroxylation is 1. The number of pyridine rings is 1. The summed E-state index contributed by atoms with van der Waals surface area (Å²) in [5.41, 5.74) is 6.68. The second-order valence-electron chi connectivity index (χ2n) is 4.97. The Bertz CT molecular complexity index is 717. The molecule has 0 spiro atoms. The van der Waals surface area contributed by atoms with Crippen LogP contribution in [-0.2, 0) is 6.42 Å². The summed E-state index contributed by atoms with van der Waals surface area (Å²) in [7, 11) is 0. The van der Waals surface area contributed by atoms with E-state index in [0.29, 0.717) is 13.0 Å². The summed E-state index contributed by atoms with van der Waals surface area (Å²) in [5, 5.41) is 4.86. The summed E-state index contributed by atoms with van der Waals surface area (Å²) < 4.78 is 13.9. The number of primary amides is 1. The van der Waals surface area contributed by atoms with Gasteiger partial charge in [-0.25, -0.2) is 9.18 Å². The van der Waals surface area contributed by atoms with Crippen molar-refractivity contribution in [1.82, 2.24) is 10.3 Å². The second kappa shape index (κ2) is 7.35. The van der Waals surface area contributed by atoms with E-state index in [1.54, 1.807) is 6.20 Å². The van der Waals surface area contributed by atoms with Crippen LogP contribution in [0.15, 0.2) is 36.5 Å². The van der Waals surface area contributed by atoms with Gasteiger partial charge in [0.1, 0.15) is 5.82 Å². The van der Waals surface area contributed by atoms with Crippen LogP contribution in [-0.4, -0.2) is 23.5 Å². The molecule has 7 heteroatoms. The van der Waals surface area contributed by atoms with Gasteiger partial charge in [-0.2, -0.15) is 0 Å². The molecule has 1 heterocycles. The third-order valence-electron chi connectivity index (χ3n) is 3.17. The number of nitrogens with zero attached hydrogens (tertiary/aromatic N) is 1. The van der Waals surface area contributed by atoms with Crippen LogP contribution in [0.2, 0.25) is 0 Å². The monoisotopic (exact) mass is 316 g/mol. The molecule has 0 aliphatic carbocycles. The SMILES string of the molecule is Cc1ccc(CCNC(=O)c2c(F)cccc2NC(N)=O)cn1. The van der Waals surface area contributed by atoms with E-state index in [2.05, 4.69) is 15.6 Å². The Morgan fingerprint density at radius 2 is 2.04 bits per heavy atom. The molecular formula is C16H17FN4O2. The molecule has 1 aromatic carbocycles. The molecule has 0 aliphatic rings. The third kappa shape index (κ3) is 4.50. The van der Waals surface area contributed by atoms with Gasteiger partial charge in [0.15, 0.2) is 0 Å². The number of benzene rings is 1. The van der Waals surface area contributed by atoms with E-state index in [9.17, 15) is 14.0 Å². The Kier molecular flexibility index (Phi) is 5.24. The summed E-state index contributed by atoms with van der Waals surface area (Å²) >= 11 is 0. The number of nitrogens with one attached hydrogen (secondary N) is 2. The molecule has 3 amide bonds. The van der Waals surface area contributed by atoms with E-state index in [4.69, 9.17) is 5.73 Å². The summed E-state index contributed by atoms with van der Waals surface area (Å²) in [5.74, 6) is -1.35. The molecule has 4 N–H and O–H groups in total. The van der Waals surface area contributed by atoms with Crippen LogP contribution >= 0.6 is 0 Å². The van der Waals surface area contributed by atoms with E-state index in [0.717, 1.165) is 17.3 Å². The number of anilines is 1. The summed E-state index contributed by atoms with van der Waals surface area (Å²) in [6.07, 6.45) is 2.29. The quantitative estimate of drug-likeness (QED) is 0.787. The molecular weight excluding hydrogens is 299 g/mol. The molecule has 6 nitrogen and oxygen atoms in total. The Labute approximate surface area is 132 Å². The Balaban J connectivity index is 2.03. The number of carbonyl (C=O) groups is 2. The largest absolute Gasteiger partial charge is 0.352 e. The minimum Gasteiger partial charge on any atom is -0.352 e. The van der Waals surface area contributed by atoms with Crippen LogP contribution < -0.4 is 16.4 Å². The molecule has 1 aromatic heterocycles. The summed E-state index contributed by atoms with van der Waals surface area (Å²) in [6.45, 7) is 2.20. The van der Waals surface area contributed by atoms with Gasteiger partial charge in [-0.15, -0.1) is 0 Å². The molecule has 2 rings (SSSR count). The lowest BCUT2D eigenvalue weighted by molar-refractivity contribution is 0.0951. The number of hydrogen-bond donors (Lipinski definition) is 3. The number of urea groups is 1. The molecule has 23 heavy (non-hydrogen) atoms. The predicted molar refractivity (Wildman–Crippen MR) is 84.6 cm³/mol. The van der Waals surface area contributed by atoms with Crippen LogP contribution in [0.3, 0.4) is 0 Å². The summed E-state index contributed by atoms with van der Waals surface area (Å²) in [4.78, 5) is 27.2. The van der Waals surface area contributed by atoms with Crippen molar-refractivity contribution in [2.75, 3.05) is 11.9 Å². The van der Waals surface area contributed by atoms with Crippen molar-refractivity contribution in [3.63, 3.8) is 0 Å². The van der Waals surface area contributed by atoms with Crippen LogP contribution in [0.5, 0.6) is 0 Å². The van der Waals surface area contributed by atoms with Crippen molar-refractivity contribution in [3.8, 4) is 0 Å². The van der Waals surface area contributed by atoms with Gasteiger partial charge in [-0.3, -0.25) is 9.78 Å². The zero-order valence-electron chi connectivity index (χ0n) is 12.6. The second-order valence-corrected chi connectivity index (χ2v) is 4.97. The van der Waals surface area contributed by atoms with E-state index >= 15 is 0 Å². The molecule has 0 unspecified atom stereocenters. The van der Waals surface area contributed by atoms with Crippen LogP contribution in [0.1, 0.15) is 21.6 Å². The highest BCUT2D eigenvalue weighted by Crippen LogP contribution is 2.18. The van der Waals surface area contributed by atoms with Gasteiger partial charge in [-0.1, -0.05) is 12.1 Å². The van der Waals surface area contributed by atoms with Crippen molar-refractivity contribution >= 4 is 17.6 Å². The first-order valence-electron chi connectivity index (χ1n) is 7.02. The lowest BCUT2D eigenvalue weighted by Gasteiger charge is -2.11. The number of halogens is 1. The molecule has 120 valence electrons. The van der Waals surface area contributed by atoms with Crippen molar-refractivity contribution in [1.29, 1.82) is 0 Å². The van der Waals surface area contributed by atoms with Gasteiger partial charge in [0.05, 0.1) is 11.3 Å². The lowest BCUT2D eigenvalue weighted by atomic mass is 10.1. The molecule has 0 radical (unpaired) electrons. The first-order chi connectivity index (χ1) is 11.0. The van der Waals surface area contributed by atoms with Gasteiger partial charge < -0.3 is 16.4 Å². The zero-order chi connectivity index (χ0) is 16.8. The first kappa shape index (κ1) is 16.4. The molecule has 0 saturated heterocycles. The molecule has 0 aliphatic heterocycles. The van der Waals surface area contributed by atoms with Crippen molar-refractivity contribution in [3.05, 3.63) is 59.2 Å². The predicted octanol–water partition coefficient (Wildman–Crippen LogP) is 1.99. The van der Waals surface area contributed by atoms with Crippen molar-refractivity contribution in [2.24, 2.45) is 5.73 Å². The molecule has 2 aromatic rings. The maximum absolute atomic E-state index is 13.9. The van der Waals surface area contributed by atoms with Gasteiger partial charge in [0.25, 0.3) is 5.91 Å². The molecule has 0 fully saturated rings. The van der Waals surface area contributed by atoms with Gasteiger partial charge in [0, 0.05) is 18.4 Å². The first-order valence-corrected chi connectivity index (χ1v) is 7.02. The lowest BCUT2D eigenvalue weighted by Crippen LogP contribution is -2.29. The average Bonchev–Trinajstić information content (AvgIpc) is 2.48. The fourth-order valence-electron chi connectivity index (χ4n) is 2.05. The van der Waals surface area contributed by atoms with Crippen LogP contribution in [0.25, 0.3) is 0 Å². The highest BCUT2D eigenvalue weighted by molar-refractivity contribution is 6.03. The smallest absolute Gasteiger partial charge is 0.316 e. The Hall–Kier alpha value is -2.96. The van der Waals surface area contributed by atoms with Crippen LogP contribution in [0.4, 0.5) is 14.9 Å². The number of carbonyl (C=O) groups excluding carboxylic acids is 2. The van der Waals surface area contributed by atoms with Crippen LogP contribution in [0, 0.1) is 12.7 Å². The number of amides is 3. The highest BCUT2D eigenvalue weighted by Gasteiger charge is 2.17. The number of hydrogen-bond acceptors (Lipinski definition) is 3.